The highest BCUT2D eigenvalue weighted by molar-refractivity contribution is 5.79. The van der Waals surface area contributed by atoms with Crippen LogP contribution in [0.3, 0.4) is 0 Å². The molecule has 7 nitrogen and oxygen atoms in total. The van der Waals surface area contributed by atoms with Crippen LogP contribution in [0.2, 0.25) is 0 Å². The quantitative estimate of drug-likeness (QED) is 0.841. The zero-order valence-corrected chi connectivity index (χ0v) is 13.5. The van der Waals surface area contributed by atoms with E-state index in [9.17, 15) is 9.90 Å². The highest BCUT2D eigenvalue weighted by atomic mass is 16.5. The van der Waals surface area contributed by atoms with Crippen LogP contribution in [0, 0.1) is 5.92 Å². The molecule has 3 atom stereocenters. The first kappa shape index (κ1) is 16.9. The average Bonchev–Trinajstić information content (AvgIpc) is 2.96. The van der Waals surface area contributed by atoms with Crippen LogP contribution in [-0.4, -0.2) is 44.7 Å². The molecular formula is C15H26N4O3. The number of hydrogen-bond donors (Lipinski definition) is 2. The summed E-state index contributed by atoms with van der Waals surface area (Å²) in [5, 5.41) is 13.6. The SMILES string of the molecule is CCN(Cc1nc(C(C)C)no1)C(=O)[C@H]1CC[C@@H](O)[C@H](N)C1. The lowest BCUT2D eigenvalue weighted by Crippen LogP contribution is -2.45. The zero-order chi connectivity index (χ0) is 16.3. The van der Waals surface area contributed by atoms with Crippen LogP contribution in [0.15, 0.2) is 4.52 Å². The van der Waals surface area contributed by atoms with Crippen molar-refractivity contribution in [3.63, 3.8) is 0 Å². The van der Waals surface area contributed by atoms with Crippen molar-refractivity contribution >= 4 is 5.91 Å². The Morgan fingerprint density at radius 2 is 2.23 bits per heavy atom. The van der Waals surface area contributed by atoms with Gasteiger partial charge < -0.3 is 20.3 Å². The molecule has 22 heavy (non-hydrogen) atoms. The third kappa shape index (κ3) is 3.84. The van der Waals surface area contributed by atoms with Crippen LogP contribution < -0.4 is 5.73 Å². The smallest absolute Gasteiger partial charge is 0.246 e. The van der Waals surface area contributed by atoms with Crippen molar-refractivity contribution in [2.45, 2.75) is 64.6 Å². The Hall–Kier alpha value is -1.47. The fourth-order valence-corrected chi connectivity index (χ4v) is 2.75. The molecule has 1 heterocycles. The number of rotatable bonds is 5. The minimum Gasteiger partial charge on any atom is -0.392 e. The largest absolute Gasteiger partial charge is 0.392 e. The number of carbonyl (C=O) groups excluding carboxylic acids is 1. The molecule has 0 saturated heterocycles. The van der Waals surface area contributed by atoms with Gasteiger partial charge in [-0.15, -0.1) is 0 Å². The molecule has 0 aromatic carbocycles. The Balaban J connectivity index is 1.99. The monoisotopic (exact) mass is 310 g/mol. The third-order valence-electron chi connectivity index (χ3n) is 4.23. The van der Waals surface area contributed by atoms with Crippen molar-refractivity contribution in [2.75, 3.05) is 6.54 Å². The molecule has 0 radical (unpaired) electrons. The normalized spacial score (nSPS) is 25.5. The molecule has 3 N–H and O–H groups in total. The molecule has 0 bridgehead atoms. The van der Waals surface area contributed by atoms with Crippen molar-refractivity contribution in [3.05, 3.63) is 11.7 Å². The first-order valence-corrected chi connectivity index (χ1v) is 7.97. The first-order valence-electron chi connectivity index (χ1n) is 7.97. The summed E-state index contributed by atoms with van der Waals surface area (Å²) in [6.07, 6.45) is 1.28. The third-order valence-corrected chi connectivity index (χ3v) is 4.23. The molecule has 1 saturated carbocycles. The maximum atomic E-state index is 12.6. The van der Waals surface area contributed by atoms with Crippen LogP contribution in [-0.2, 0) is 11.3 Å². The van der Waals surface area contributed by atoms with Gasteiger partial charge in [0.2, 0.25) is 11.8 Å². The van der Waals surface area contributed by atoms with Crippen molar-refractivity contribution in [1.82, 2.24) is 15.0 Å². The summed E-state index contributed by atoms with van der Waals surface area (Å²) >= 11 is 0. The topological polar surface area (TPSA) is 105 Å². The maximum Gasteiger partial charge on any atom is 0.246 e. The van der Waals surface area contributed by atoms with Crippen molar-refractivity contribution in [3.8, 4) is 0 Å². The number of aliphatic hydroxyl groups is 1. The first-order chi connectivity index (χ1) is 10.4. The molecule has 0 spiro atoms. The van der Waals surface area contributed by atoms with Gasteiger partial charge in [0.1, 0.15) is 0 Å². The second-order valence-corrected chi connectivity index (χ2v) is 6.29. The van der Waals surface area contributed by atoms with Gasteiger partial charge in [0.15, 0.2) is 5.82 Å². The van der Waals surface area contributed by atoms with Crippen LogP contribution in [0.25, 0.3) is 0 Å². The number of aliphatic hydroxyl groups excluding tert-OH is 1. The van der Waals surface area contributed by atoms with Crippen molar-refractivity contribution < 1.29 is 14.4 Å². The number of aromatic nitrogens is 2. The van der Waals surface area contributed by atoms with E-state index in [1.165, 1.54) is 0 Å². The zero-order valence-electron chi connectivity index (χ0n) is 13.5. The summed E-state index contributed by atoms with van der Waals surface area (Å²) < 4.78 is 5.21. The summed E-state index contributed by atoms with van der Waals surface area (Å²) in [5.74, 6) is 1.22. The van der Waals surface area contributed by atoms with Gasteiger partial charge in [-0.1, -0.05) is 19.0 Å². The van der Waals surface area contributed by atoms with E-state index in [0.29, 0.717) is 44.1 Å². The fraction of sp³-hybridized carbons (Fsp3) is 0.800. The van der Waals surface area contributed by atoms with Gasteiger partial charge in [0, 0.05) is 24.4 Å². The summed E-state index contributed by atoms with van der Waals surface area (Å²) in [6.45, 7) is 6.81. The molecular weight excluding hydrogens is 284 g/mol. The lowest BCUT2D eigenvalue weighted by molar-refractivity contribution is -0.138. The van der Waals surface area contributed by atoms with E-state index in [0.717, 1.165) is 0 Å². The van der Waals surface area contributed by atoms with Gasteiger partial charge in [0.05, 0.1) is 12.6 Å². The van der Waals surface area contributed by atoms with E-state index in [2.05, 4.69) is 10.1 Å². The second kappa shape index (κ2) is 7.19. The van der Waals surface area contributed by atoms with Gasteiger partial charge in [-0.2, -0.15) is 4.98 Å². The fourth-order valence-electron chi connectivity index (χ4n) is 2.75. The molecule has 0 aliphatic heterocycles. The van der Waals surface area contributed by atoms with Crippen molar-refractivity contribution in [1.29, 1.82) is 0 Å². The highest BCUT2D eigenvalue weighted by Crippen LogP contribution is 2.26. The Labute approximate surface area is 130 Å². The Morgan fingerprint density at radius 3 is 2.77 bits per heavy atom. The molecule has 1 fully saturated rings. The van der Waals surface area contributed by atoms with E-state index < -0.39 is 6.10 Å². The number of amides is 1. The molecule has 0 unspecified atom stereocenters. The predicted octanol–water partition coefficient (Wildman–Crippen LogP) is 1.03. The van der Waals surface area contributed by atoms with Gasteiger partial charge in [-0.3, -0.25) is 4.79 Å². The minimum absolute atomic E-state index is 0.0501. The molecule has 1 aromatic heterocycles. The molecule has 1 aromatic rings. The average molecular weight is 310 g/mol. The molecule has 1 amide bonds. The molecule has 1 aliphatic carbocycles. The van der Waals surface area contributed by atoms with E-state index in [1.807, 2.05) is 20.8 Å². The van der Waals surface area contributed by atoms with E-state index in [-0.39, 0.29) is 23.8 Å². The van der Waals surface area contributed by atoms with Gasteiger partial charge in [-0.05, 0) is 26.2 Å². The molecule has 7 heteroatoms. The summed E-state index contributed by atoms with van der Waals surface area (Å²) in [5.41, 5.74) is 5.88. The van der Waals surface area contributed by atoms with Crippen molar-refractivity contribution in [2.24, 2.45) is 11.7 Å². The van der Waals surface area contributed by atoms with Gasteiger partial charge in [0.25, 0.3) is 0 Å². The van der Waals surface area contributed by atoms with Gasteiger partial charge in [-0.25, -0.2) is 0 Å². The maximum absolute atomic E-state index is 12.6. The van der Waals surface area contributed by atoms with Crippen LogP contribution in [0.4, 0.5) is 0 Å². The summed E-state index contributed by atoms with van der Waals surface area (Å²) in [6, 6.07) is -0.322. The lowest BCUT2D eigenvalue weighted by atomic mass is 9.83. The van der Waals surface area contributed by atoms with Crippen LogP contribution in [0.1, 0.15) is 57.7 Å². The molecule has 124 valence electrons. The highest BCUT2D eigenvalue weighted by Gasteiger charge is 2.33. The number of hydrogen-bond acceptors (Lipinski definition) is 6. The summed E-state index contributed by atoms with van der Waals surface area (Å²) in [4.78, 5) is 18.7. The predicted molar refractivity (Wildman–Crippen MR) is 80.8 cm³/mol. The molecule has 2 rings (SSSR count). The van der Waals surface area contributed by atoms with E-state index in [4.69, 9.17) is 10.3 Å². The standard InChI is InChI=1S/C15H26N4O3/c1-4-19(8-13-17-14(9(2)3)18-22-13)15(21)10-5-6-12(20)11(16)7-10/h9-12,20H,4-8,16H2,1-3H3/t10-,11+,12+/m0/s1. The molecule has 1 aliphatic rings. The summed E-state index contributed by atoms with van der Waals surface area (Å²) in [7, 11) is 0. The Kier molecular flexibility index (Phi) is 5.52. The van der Waals surface area contributed by atoms with Crippen LogP contribution >= 0.6 is 0 Å². The number of carbonyl (C=O) groups is 1. The minimum atomic E-state index is -0.497. The number of nitrogens with two attached hydrogens (primary N) is 1. The van der Waals surface area contributed by atoms with Gasteiger partial charge >= 0.3 is 0 Å². The van der Waals surface area contributed by atoms with Crippen LogP contribution in [0.5, 0.6) is 0 Å². The second-order valence-electron chi connectivity index (χ2n) is 6.29. The lowest BCUT2D eigenvalue weighted by Gasteiger charge is -2.33. The van der Waals surface area contributed by atoms with E-state index >= 15 is 0 Å². The Morgan fingerprint density at radius 1 is 1.50 bits per heavy atom. The van der Waals surface area contributed by atoms with E-state index in [1.54, 1.807) is 4.90 Å². The number of nitrogens with zero attached hydrogens (tertiary/aromatic N) is 3. The Bertz CT molecular complexity index is 503.